The van der Waals surface area contributed by atoms with Crippen LogP contribution in [0.5, 0.6) is 0 Å². The van der Waals surface area contributed by atoms with E-state index in [1.807, 2.05) is 13.2 Å². The minimum atomic E-state index is -0.326. The molecule has 0 saturated carbocycles. The van der Waals surface area contributed by atoms with Gasteiger partial charge in [-0.3, -0.25) is 0 Å². The number of thioether (sulfide) groups is 1. The summed E-state index contributed by atoms with van der Waals surface area (Å²) in [4.78, 5) is 0. The highest BCUT2D eigenvalue weighted by Gasteiger charge is 2.17. The third-order valence-corrected chi connectivity index (χ3v) is 4.40. The summed E-state index contributed by atoms with van der Waals surface area (Å²) >= 11 is 10.9. The Balaban J connectivity index is 2.97. The van der Waals surface area contributed by atoms with E-state index >= 15 is 0 Å². The molecule has 0 amide bonds. The summed E-state index contributed by atoms with van der Waals surface area (Å²) in [6, 6.07) is 3.61. The Kier molecular flexibility index (Phi) is 6.85. The van der Waals surface area contributed by atoms with Crippen molar-refractivity contribution in [2.45, 2.75) is 19.4 Å². The zero-order valence-corrected chi connectivity index (χ0v) is 13.1. The molecule has 17 heavy (non-hydrogen) atoms. The second kappa shape index (κ2) is 7.62. The average molecular weight is 341 g/mol. The molecule has 0 radical (unpaired) electrons. The summed E-state index contributed by atoms with van der Waals surface area (Å²) in [6.07, 6.45) is 2.94. The molecular formula is C12H16BrClFNS. The molecule has 0 aliphatic carbocycles. The van der Waals surface area contributed by atoms with Gasteiger partial charge in [-0.2, -0.15) is 11.8 Å². The SMILES string of the molecule is CCNC(CCSC)c1ccc(Br)c(Cl)c1F. The fourth-order valence-corrected chi connectivity index (χ4v) is 2.61. The van der Waals surface area contributed by atoms with Crippen molar-refractivity contribution >= 4 is 39.3 Å². The fourth-order valence-electron chi connectivity index (χ4n) is 1.66. The van der Waals surface area contributed by atoms with Crippen LogP contribution in [0.3, 0.4) is 0 Å². The lowest BCUT2D eigenvalue weighted by molar-refractivity contribution is 0.503. The topological polar surface area (TPSA) is 12.0 Å². The van der Waals surface area contributed by atoms with Gasteiger partial charge in [-0.15, -0.1) is 0 Å². The van der Waals surface area contributed by atoms with Gasteiger partial charge in [0.2, 0.25) is 0 Å². The Hall–Kier alpha value is 0.230. The Morgan fingerprint density at radius 3 is 2.82 bits per heavy atom. The third kappa shape index (κ3) is 4.12. The molecule has 0 saturated heterocycles. The van der Waals surface area contributed by atoms with Crippen molar-refractivity contribution in [1.29, 1.82) is 0 Å². The van der Waals surface area contributed by atoms with Crippen LogP contribution in [0.25, 0.3) is 0 Å². The summed E-state index contributed by atoms with van der Waals surface area (Å²) in [5.41, 5.74) is 0.647. The Bertz CT molecular complexity index is 376. The number of nitrogens with one attached hydrogen (secondary N) is 1. The summed E-state index contributed by atoms with van der Waals surface area (Å²) in [6.45, 7) is 2.83. The highest BCUT2D eigenvalue weighted by atomic mass is 79.9. The van der Waals surface area contributed by atoms with Gasteiger partial charge in [-0.25, -0.2) is 4.39 Å². The van der Waals surface area contributed by atoms with Crippen molar-refractivity contribution in [2.24, 2.45) is 0 Å². The zero-order chi connectivity index (χ0) is 12.8. The lowest BCUT2D eigenvalue weighted by atomic mass is 10.0. The molecule has 1 aromatic carbocycles. The van der Waals surface area contributed by atoms with Crippen LogP contribution in [0.4, 0.5) is 4.39 Å². The minimum absolute atomic E-state index is 0.0260. The van der Waals surface area contributed by atoms with E-state index in [4.69, 9.17) is 11.6 Å². The van der Waals surface area contributed by atoms with E-state index in [0.29, 0.717) is 10.0 Å². The quantitative estimate of drug-likeness (QED) is 0.757. The number of halogens is 3. The van der Waals surface area contributed by atoms with Gasteiger partial charge >= 0.3 is 0 Å². The molecule has 0 aromatic heterocycles. The van der Waals surface area contributed by atoms with Crippen LogP contribution < -0.4 is 5.32 Å². The number of hydrogen-bond acceptors (Lipinski definition) is 2. The molecule has 1 atom stereocenters. The van der Waals surface area contributed by atoms with Crippen molar-refractivity contribution in [2.75, 3.05) is 18.6 Å². The Labute approximate surface area is 120 Å². The van der Waals surface area contributed by atoms with Gasteiger partial charge in [0, 0.05) is 16.1 Å². The average Bonchev–Trinajstić information content (AvgIpc) is 2.32. The summed E-state index contributed by atoms with van der Waals surface area (Å²) in [5.74, 6) is 0.665. The maximum Gasteiger partial charge on any atom is 0.147 e. The van der Waals surface area contributed by atoms with Crippen molar-refractivity contribution in [3.05, 3.63) is 33.0 Å². The first-order chi connectivity index (χ1) is 8.11. The Morgan fingerprint density at radius 1 is 1.53 bits per heavy atom. The molecule has 0 fully saturated rings. The molecule has 0 bridgehead atoms. The predicted molar refractivity (Wildman–Crippen MR) is 78.5 cm³/mol. The first kappa shape index (κ1) is 15.3. The lowest BCUT2D eigenvalue weighted by Crippen LogP contribution is -2.22. The monoisotopic (exact) mass is 339 g/mol. The fraction of sp³-hybridized carbons (Fsp3) is 0.500. The van der Waals surface area contributed by atoms with Crippen LogP contribution in [0.15, 0.2) is 16.6 Å². The first-order valence-corrected chi connectivity index (χ1v) is 8.04. The van der Waals surface area contributed by atoms with Gasteiger partial charge in [0.25, 0.3) is 0 Å². The van der Waals surface area contributed by atoms with Gasteiger partial charge in [0.15, 0.2) is 0 Å². The summed E-state index contributed by atoms with van der Waals surface area (Å²) < 4.78 is 14.7. The van der Waals surface area contributed by atoms with Crippen molar-refractivity contribution in [1.82, 2.24) is 5.32 Å². The number of rotatable bonds is 6. The van der Waals surface area contributed by atoms with Gasteiger partial charge in [-0.05, 0) is 47.0 Å². The van der Waals surface area contributed by atoms with Gasteiger partial charge < -0.3 is 5.32 Å². The molecular weight excluding hydrogens is 325 g/mol. The van der Waals surface area contributed by atoms with Crippen molar-refractivity contribution < 1.29 is 4.39 Å². The largest absolute Gasteiger partial charge is 0.310 e. The summed E-state index contributed by atoms with van der Waals surface area (Å²) in [7, 11) is 0. The van der Waals surface area contributed by atoms with E-state index in [0.717, 1.165) is 18.7 Å². The molecule has 0 aliphatic rings. The minimum Gasteiger partial charge on any atom is -0.310 e. The van der Waals surface area contributed by atoms with Gasteiger partial charge in [0.05, 0.1) is 5.02 Å². The van der Waals surface area contributed by atoms with Crippen molar-refractivity contribution in [3.8, 4) is 0 Å². The van der Waals surface area contributed by atoms with Crippen LogP contribution >= 0.6 is 39.3 Å². The molecule has 0 aliphatic heterocycles. The molecule has 0 spiro atoms. The maximum atomic E-state index is 14.1. The van der Waals surface area contributed by atoms with E-state index in [-0.39, 0.29) is 16.9 Å². The predicted octanol–water partition coefficient (Wildman–Crippen LogP) is 4.65. The second-order valence-electron chi connectivity index (χ2n) is 3.66. The van der Waals surface area contributed by atoms with E-state index in [2.05, 4.69) is 21.2 Å². The van der Waals surface area contributed by atoms with Crippen LogP contribution in [-0.4, -0.2) is 18.6 Å². The van der Waals surface area contributed by atoms with Crippen LogP contribution in [0.2, 0.25) is 5.02 Å². The van der Waals surface area contributed by atoms with Gasteiger partial charge in [-0.1, -0.05) is 24.6 Å². The zero-order valence-electron chi connectivity index (χ0n) is 9.90. The lowest BCUT2D eigenvalue weighted by Gasteiger charge is -2.19. The third-order valence-electron chi connectivity index (χ3n) is 2.50. The molecule has 5 heteroatoms. The highest BCUT2D eigenvalue weighted by Crippen LogP contribution is 2.31. The van der Waals surface area contributed by atoms with Crippen LogP contribution in [0.1, 0.15) is 24.9 Å². The van der Waals surface area contributed by atoms with E-state index in [1.54, 1.807) is 23.9 Å². The number of benzene rings is 1. The maximum absolute atomic E-state index is 14.1. The molecule has 0 heterocycles. The normalized spacial score (nSPS) is 12.8. The highest BCUT2D eigenvalue weighted by molar-refractivity contribution is 9.10. The van der Waals surface area contributed by atoms with Crippen LogP contribution in [0, 0.1) is 5.82 Å². The molecule has 1 rings (SSSR count). The second-order valence-corrected chi connectivity index (χ2v) is 5.87. The summed E-state index contributed by atoms with van der Waals surface area (Å²) in [5, 5.41) is 3.46. The van der Waals surface area contributed by atoms with Crippen LogP contribution in [-0.2, 0) is 0 Å². The molecule has 96 valence electrons. The number of hydrogen-bond donors (Lipinski definition) is 1. The molecule has 1 aromatic rings. The molecule has 1 nitrogen and oxygen atoms in total. The molecule has 1 unspecified atom stereocenters. The Morgan fingerprint density at radius 2 is 2.24 bits per heavy atom. The smallest absolute Gasteiger partial charge is 0.147 e. The standard InChI is InChI=1S/C12H16BrClFNS/c1-3-16-10(6-7-17-2)8-4-5-9(13)11(14)12(8)15/h4-5,10,16H,3,6-7H2,1-2H3. The van der Waals surface area contributed by atoms with Gasteiger partial charge in [0.1, 0.15) is 5.82 Å². The molecule has 1 N–H and O–H groups in total. The van der Waals surface area contributed by atoms with E-state index in [1.165, 1.54) is 0 Å². The van der Waals surface area contributed by atoms with E-state index in [9.17, 15) is 4.39 Å². The first-order valence-electron chi connectivity index (χ1n) is 5.47. The van der Waals surface area contributed by atoms with Crippen molar-refractivity contribution in [3.63, 3.8) is 0 Å². The van der Waals surface area contributed by atoms with E-state index < -0.39 is 0 Å².